The number of nitriles is 4. The molecule has 136 valence electrons. The Kier molecular flexibility index (Phi) is 54.1. The van der Waals surface area contributed by atoms with Crippen molar-refractivity contribution in [3.8, 4) is 19.9 Å². The van der Waals surface area contributed by atoms with Gasteiger partial charge >= 0.3 is 346 Å². The molecule has 0 aromatic rings. The molecule has 0 N–H and O–H groups in total. The van der Waals surface area contributed by atoms with Gasteiger partial charge in [-0.15, -0.1) is 0 Å². The Hall–Kier alpha value is 4.82. The molecule has 0 amide bonds. The average Bonchev–Trinajstić information content (AvgIpc) is 2.37. The van der Waals surface area contributed by atoms with Crippen LogP contribution in [0.3, 0.4) is 0 Å². The molecule has 0 aromatic heterocycles. The van der Waals surface area contributed by atoms with E-state index >= 15 is 0 Å². The average molecular weight is 768 g/mol. The second-order valence-corrected chi connectivity index (χ2v) is 11.3. The van der Waals surface area contributed by atoms with Crippen LogP contribution in [0, 0.1) is 40.9 Å². The molecule has 0 aliphatic carbocycles. The molecule has 28 heavy (non-hydrogen) atoms. The molecule has 0 radical (unpaired) electrons. The van der Waals surface area contributed by atoms with Crippen LogP contribution in [0.15, 0.2) is 0 Å². The Balaban J connectivity index is -0.0000000303. The summed E-state index contributed by atoms with van der Waals surface area (Å²) in [4.78, 5) is 2.38. The molecule has 0 heterocycles. The molecule has 24 heteroatoms. The van der Waals surface area contributed by atoms with Gasteiger partial charge in [-0.25, -0.2) is 0 Å². The van der Waals surface area contributed by atoms with Gasteiger partial charge in [0.15, 0.2) is 0 Å². The minimum Gasteiger partial charge on any atom is 1.00 e. The fraction of sp³-hybridized carbons (Fsp3) is 0. The maximum Gasteiger partial charge on any atom is 1.00 e. The Bertz CT molecular complexity index is 823. The molecule has 0 saturated carbocycles. The first-order valence-electron chi connectivity index (χ1n) is 3.71. The van der Waals surface area contributed by atoms with Crippen molar-refractivity contribution < 1.29 is 253 Å². The fourth-order valence-corrected chi connectivity index (χ4v) is 0. The van der Waals surface area contributed by atoms with Gasteiger partial charge < -0.3 is 0 Å². The Morgan fingerprint density at radius 1 is 0.393 bits per heavy atom. The van der Waals surface area contributed by atoms with Gasteiger partial charge in [-0.1, -0.05) is 0 Å². The first kappa shape index (κ1) is 53.9. The maximum atomic E-state index is 9.16. The number of hydrogen-bond donors (Lipinski definition) is 0. The van der Waals surface area contributed by atoms with Crippen LogP contribution in [0.4, 0.5) is 0 Å². The molecule has 0 spiro atoms. The van der Waals surface area contributed by atoms with Crippen LogP contribution in [0.5, 0.6) is 0 Å². The van der Waals surface area contributed by atoms with Crippen LogP contribution in [0.1, 0.15) is 0 Å². The van der Waals surface area contributed by atoms with Crippen LogP contribution in [-0.2, 0) is 30.7 Å². The molecule has 0 aromatic carbocycles. The predicted octanol–water partition coefficient (Wildman–Crippen LogP) is -19.1. The van der Waals surface area contributed by atoms with E-state index in [9.17, 15) is 0 Å². The van der Waals surface area contributed by atoms with Gasteiger partial charge in [-0.3, -0.25) is 0 Å². The van der Waals surface area contributed by atoms with Crippen molar-refractivity contribution in [2.45, 2.75) is 0 Å². The molecule has 0 saturated heterocycles. The SMILES string of the molecule is N#C[Se](=O)(=O)[O-].N#C[Se](=O)(=O)[O-].N#C[Se](=O)(=O)[O-].N#C[Se](=O)(=O)[O-].[K+].[K+].[K+].[K+]. The zero-order chi connectivity index (χ0) is 20.8. The van der Waals surface area contributed by atoms with Crippen molar-refractivity contribution in [3.63, 3.8) is 0 Å². The minimum atomic E-state index is -5.22. The van der Waals surface area contributed by atoms with Gasteiger partial charge in [0.05, 0.1) is 0 Å². The van der Waals surface area contributed by atoms with Gasteiger partial charge in [0.2, 0.25) is 0 Å². The van der Waals surface area contributed by atoms with Crippen molar-refractivity contribution in [2.75, 3.05) is 0 Å². The van der Waals surface area contributed by atoms with E-state index < -0.39 is 52.2 Å². The summed E-state index contributed by atoms with van der Waals surface area (Å²) in [5, 5.41) is 29.1. The van der Waals surface area contributed by atoms with Gasteiger partial charge in [-0.05, 0) is 0 Å². The van der Waals surface area contributed by atoms with Crippen molar-refractivity contribution in [1.82, 2.24) is 0 Å². The first-order valence-corrected chi connectivity index (χ1v) is 15.5. The number of hydrogen-bond acceptors (Lipinski definition) is 16. The summed E-state index contributed by atoms with van der Waals surface area (Å²) in [7, 11) is 0. The van der Waals surface area contributed by atoms with Crippen molar-refractivity contribution in [2.24, 2.45) is 0 Å². The molecule has 0 aliphatic rings. The third kappa shape index (κ3) is 96.9. The molecule has 0 fully saturated rings. The number of rotatable bonds is 0. The Labute approximate surface area is 335 Å². The third-order valence-corrected chi connectivity index (χ3v) is 2.32. The summed E-state index contributed by atoms with van der Waals surface area (Å²) in [6.07, 6.45) is 0. The van der Waals surface area contributed by atoms with Gasteiger partial charge in [0.25, 0.3) is 0 Å². The summed E-state index contributed by atoms with van der Waals surface area (Å²) in [6, 6.07) is 0. The molecular weight excluding hydrogens is 768 g/mol. The van der Waals surface area contributed by atoms with Crippen LogP contribution >= 0.6 is 0 Å². The van der Waals surface area contributed by atoms with Crippen LogP contribution < -0.4 is 222 Å². The predicted molar refractivity (Wildman–Crippen MR) is 51.0 cm³/mol. The van der Waals surface area contributed by atoms with Gasteiger partial charge in [-0.2, -0.15) is 0 Å². The topological polar surface area (TPSA) is 324 Å². The van der Waals surface area contributed by atoms with E-state index in [-0.39, 0.29) is 206 Å². The Morgan fingerprint density at radius 2 is 0.429 bits per heavy atom. The zero-order valence-electron chi connectivity index (χ0n) is 14.3. The first-order chi connectivity index (χ1) is 10.2. The summed E-state index contributed by atoms with van der Waals surface area (Å²) >= 11 is -20.9. The van der Waals surface area contributed by atoms with E-state index in [1.165, 1.54) is 0 Å². The summed E-state index contributed by atoms with van der Waals surface area (Å²) in [5.41, 5.74) is 0. The van der Waals surface area contributed by atoms with Crippen LogP contribution in [0.25, 0.3) is 0 Å². The monoisotopic (exact) mass is 771 g/mol. The van der Waals surface area contributed by atoms with Gasteiger partial charge in [0.1, 0.15) is 0 Å². The smallest absolute Gasteiger partial charge is 1.00 e. The molecule has 16 nitrogen and oxygen atoms in total. The van der Waals surface area contributed by atoms with E-state index in [1.54, 1.807) is 0 Å². The minimum absolute atomic E-state index is 0. The second kappa shape index (κ2) is 28.1. The number of nitrogens with zero attached hydrogens (tertiary/aromatic N) is 4. The molecule has 0 aliphatic heterocycles. The van der Waals surface area contributed by atoms with E-state index in [4.69, 9.17) is 68.5 Å². The molecule has 0 bridgehead atoms. The molecule has 0 rings (SSSR count). The van der Waals surface area contributed by atoms with E-state index in [2.05, 4.69) is 0 Å². The summed E-state index contributed by atoms with van der Waals surface area (Å²) in [6.45, 7) is 0. The molecule has 0 unspecified atom stereocenters. The molecule has 0 atom stereocenters. The standard InChI is InChI=1S/4CHNO3Se.4K/c4*2-1-6(3,4)5;;;;/h4*(H,3,4,5);;;;/q;;;;4*+1/p-4. The van der Waals surface area contributed by atoms with Gasteiger partial charge in [0, 0.05) is 0 Å². The van der Waals surface area contributed by atoms with Crippen molar-refractivity contribution in [3.05, 3.63) is 0 Å². The van der Waals surface area contributed by atoms with Crippen molar-refractivity contribution in [1.29, 1.82) is 21.0 Å². The van der Waals surface area contributed by atoms with Crippen LogP contribution in [0.2, 0.25) is 0 Å². The normalized spacial score (nSPS) is 8.57. The van der Waals surface area contributed by atoms with E-state index in [1.807, 2.05) is 0 Å². The zero-order valence-corrected chi connectivity index (χ0v) is 33.7. The third-order valence-electron chi connectivity index (χ3n) is 0.447. The van der Waals surface area contributed by atoms with E-state index in [0.717, 1.165) is 0 Å². The van der Waals surface area contributed by atoms with Crippen LogP contribution in [-0.4, -0.2) is 52.2 Å². The largest absolute Gasteiger partial charge is 1.00 e. The van der Waals surface area contributed by atoms with Crippen molar-refractivity contribution >= 4 is 52.2 Å². The molecular formula is C4K4N4O12Se4. The Morgan fingerprint density at radius 3 is 0.429 bits per heavy atom. The summed E-state index contributed by atoms with van der Waals surface area (Å²) < 4.78 is 110. The fourth-order valence-electron chi connectivity index (χ4n) is 0. The van der Waals surface area contributed by atoms with E-state index in [0.29, 0.717) is 19.9 Å². The quantitative estimate of drug-likeness (QED) is 0.207. The summed E-state index contributed by atoms with van der Waals surface area (Å²) in [5.74, 6) is 0. The maximum absolute atomic E-state index is 9.16. The second-order valence-electron chi connectivity index (χ2n) is 2.18.